The van der Waals surface area contributed by atoms with Gasteiger partial charge in [0, 0.05) is 43.3 Å². The van der Waals surface area contributed by atoms with Crippen molar-refractivity contribution in [2.24, 2.45) is 0 Å². The maximum atomic E-state index is 5.52. The third-order valence-corrected chi connectivity index (χ3v) is 10.8. The minimum Gasteiger partial charge on any atom is -0.308 e. The lowest BCUT2D eigenvalue weighted by molar-refractivity contribution is 1.02. The van der Waals surface area contributed by atoms with Crippen LogP contribution in [-0.4, -0.2) is 18.9 Å². The summed E-state index contributed by atoms with van der Waals surface area (Å²) in [6, 6.07) is 56.9. The third-order valence-electron chi connectivity index (χ3n) is 10.8. The Morgan fingerprint density at radius 3 is 1.92 bits per heavy atom. The molecular formula is C46H26N4. The summed E-state index contributed by atoms with van der Waals surface area (Å²) in [5, 5.41) is 13.3. The summed E-state index contributed by atoms with van der Waals surface area (Å²) >= 11 is 0. The molecule has 12 rings (SSSR count). The molecule has 0 aliphatic heterocycles. The van der Waals surface area contributed by atoms with E-state index in [1.165, 1.54) is 65.0 Å². The SMILES string of the molecule is c1ccc(-c2nc(-n3c4cc5ccccc5c5c6cccc7c8ccccc8n(c8cccc3c8c54)c76)nc3ccc4ccccc4c23)cc1. The van der Waals surface area contributed by atoms with E-state index in [2.05, 4.69) is 167 Å². The van der Waals surface area contributed by atoms with Crippen LogP contribution in [0, 0.1) is 0 Å². The fourth-order valence-corrected chi connectivity index (χ4v) is 8.81. The smallest absolute Gasteiger partial charge is 0.235 e. The number of hydrogen-bond acceptors (Lipinski definition) is 2. The van der Waals surface area contributed by atoms with Gasteiger partial charge in [0.15, 0.2) is 0 Å². The van der Waals surface area contributed by atoms with E-state index in [0.29, 0.717) is 5.95 Å². The first kappa shape index (κ1) is 26.2. The van der Waals surface area contributed by atoms with Gasteiger partial charge in [-0.25, -0.2) is 9.97 Å². The minimum absolute atomic E-state index is 0.668. The Morgan fingerprint density at radius 1 is 0.380 bits per heavy atom. The predicted octanol–water partition coefficient (Wildman–Crippen LogP) is 11.9. The Labute approximate surface area is 285 Å². The van der Waals surface area contributed by atoms with Gasteiger partial charge in [-0.2, -0.15) is 0 Å². The molecule has 0 atom stereocenters. The van der Waals surface area contributed by atoms with Gasteiger partial charge in [-0.15, -0.1) is 0 Å². The number of benzene rings is 8. The Balaban J connectivity index is 1.35. The van der Waals surface area contributed by atoms with Crippen molar-refractivity contribution in [2.45, 2.75) is 0 Å². The molecule has 0 saturated carbocycles. The van der Waals surface area contributed by atoms with E-state index in [9.17, 15) is 0 Å². The fourth-order valence-electron chi connectivity index (χ4n) is 8.81. The molecule has 0 aliphatic rings. The maximum absolute atomic E-state index is 5.52. The monoisotopic (exact) mass is 634 g/mol. The van der Waals surface area contributed by atoms with Gasteiger partial charge in [0.05, 0.1) is 38.8 Å². The summed E-state index contributed by atoms with van der Waals surface area (Å²) in [6.45, 7) is 0. The van der Waals surface area contributed by atoms with E-state index in [1.54, 1.807) is 0 Å². The lowest BCUT2D eigenvalue weighted by Crippen LogP contribution is -2.04. The second-order valence-corrected chi connectivity index (χ2v) is 13.3. The number of aromatic nitrogens is 4. The van der Waals surface area contributed by atoms with Crippen LogP contribution in [0.15, 0.2) is 158 Å². The number of hydrogen-bond donors (Lipinski definition) is 0. The Hall–Kier alpha value is -6.78. The highest BCUT2D eigenvalue weighted by molar-refractivity contribution is 6.36. The van der Waals surface area contributed by atoms with Crippen LogP contribution in [0.4, 0.5) is 0 Å². The maximum Gasteiger partial charge on any atom is 0.235 e. The van der Waals surface area contributed by atoms with E-state index in [4.69, 9.17) is 9.97 Å². The van der Waals surface area contributed by atoms with Crippen molar-refractivity contribution in [3.8, 4) is 17.2 Å². The summed E-state index contributed by atoms with van der Waals surface area (Å²) in [5.41, 5.74) is 8.76. The van der Waals surface area contributed by atoms with Gasteiger partial charge >= 0.3 is 0 Å². The van der Waals surface area contributed by atoms with Crippen molar-refractivity contribution >= 4 is 92.3 Å². The lowest BCUT2D eigenvalue weighted by Gasteiger charge is -2.14. The van der Waals surface area contributed by atoms with Crippen LogP contribution in [0.5, 0.6) is 0 Å². The highest BCUT2D eigenvalue weighted by Crippen LogP contribution is 2.46. The van der Waals surface area contributed by atoms with Crippen molar-refractivity contribution in [1.29, 1.82) is 0 Å². The molecule has 4 aromatic heterocycles. The molecule has 4 heterocycles. The zero-order chi connectivity index (χ0) is 32.5. The second kappa shape index (κ2) is 9.43. The fraction of sp³-hybridized carbons (Fsp3) is 0. The van der Waals surface area contributed by atoms with E-state index in [-0.39, 0.29) is 0 Å². The van der Waals surface area contributed by atoms with Crippen molar-refractivity contribution < 1.29 is 0 Å². The van der Waals surface area contributed by atoms with Crippen LogP contribution >= 0.6 is 0 Å². The molecule has 0 unspecified atom stereocenters. The molecule has 4 heteroatoms. The summed E-state index contributed by atoms with van der Waals surface area (Å²) in [4.78, 5) is 10.9. The van der Waals surface area contributed by atoms with E-state index < -0.39 is 0 Å². The summed E-state index contributed by atoms with van der Waals surface area (Å²) in [5.74, 6) is 0.668. The van der Waals surface area contributed by atoms with Gasteiger partial charge in [-0.3, -0.25) is 4.57 Å². The van der Waals surface area contributed by atoms with Crippen LogP contribution in [-0.2, 0) is 0 Å². The van der Waals surface area contributed by atoms with Crippen molar-refractivity contribution in [3.05, 3.63) is 158 Å². The van der Waals surface area contributed by atoms with Crippen molar-refractivity contribution in [3.63, 3.8) is 0 Å². The summed E-state index contributed by atoms with van der Waals surface area (Å²) in [6.07, 6.45) is 0. The van der Waals surface area contributed by atoms with Gasteiger partial charge < -0.3 is 4.40 Å². The zero-order valence-corrected chi connectivity index (χ0v) is 26.8. The Kier molecular flexibility index (Phi) is 4.94. The summed E-state index contributed by atoms with van der Waals surface area (Å²) in [7, 11) is 0. The molecule has 0 spiro atoms. The number of nitrogens with zero attached hydrogens (tertiary/aromatic N) is 4. The van der Waals surface area contributed by atoms with Crippen LogP contribution in [0.1, 0.15) is 0 Å². The first-order chi connectivity index (χ1) is 24.8. The molecule has 0 saturated heterocycles. The Bertz CT molecular complexity index is 3370. The number of para-hydroxylation sites is 2. The number of rotatable bonds is 2. The standard InChI is InChI=1S/C46H26N4/c1-2-13-28(14-3-1)44-41-30-16-6-4-12-27(30)24-25-35(41)47-46(48-44)50-38-23-11-22-37-42(38)43-39(50)26-29-15-5-7-17-31(29)40(43)34-20-10-19-33-32-18-8-9-21-36(32)49(37)45(33)34/h1-26H. The highest BCUT2D eigenvalue weighted by atomic mass is 15.2. The molecule has 0 N–H and O–H groups in total. The molecular weight excluding hydrogens is 609 g/mol. The quantitative estimate of drug-likeness (QED) is 0.177. The first-order valence-corrected chi connectivity index (χ1v) is 17.1. The molecule has 50 heavy (non-hydrogen) atoms. The topological polar surface area (TPSA) is 35.1 Å². The predicted molar refractivity (Wildman–Crippen MR) is 209 cm³/mol. The first-order valence-electron chi connectivity index (χ1n) is 17.1. The van der Waals surface area contributed by atoms with Gasteiger partial charge in [0.1, 0.15) is 0 Å². The van der Waals surface area contributed by atoms with E-state index >= 15 is 0 Å². The van der Waals surface area contributed by atoms with Gasteiger partial charge in [0.2, 0.25) is 5.95 Å². The normalized spacial score (nSPS) is 12.4. The largest absolute Gasteiger partial charge is 0.308 e. The molecule has 0 radical (unpaired) electrons. The van der Waals surface area contributed by atoms with Gasteiger partial charge in [-0.05, 0) is 51.9 Å². The van der Waals surface area contributed by atoms with Crippen LogP contribution in [0.2, 0.25) is 0 Å². The molecule has 0 fully saturated rings. The summed E-state index contributed by atoms with van der Waals surface area (Å²) < 4.78 is 4.80. The Morgan fingerprint density at radius 2 is 1.04 bits per heavy atom. The van der Waals surface area contributed by atoms with Crippen LogP contribution in [0.25, 0.3) is 110 Å². The highest BCUT2D eigenvalue weighted by Gasteiger charge is 2.25. The second-order valence-electron chi connectivity index (χ2n) is 13.3. The van der Waals surface area contributed by atoms with Gasteiger partial charge in [0.25, 0.3) is 0 Å². The molecule has 0 bridgehead atoms. The van der Waals surface area contributed by atoms with E-state index in [0.717, 1.165) is 38.6 Å². The number of fused-ring (bicyclic) bond motifs is 10. The molecule has 4 nitrogen and oxygen atoms in total. The molecule has 8 aromatic carbocycles. The molecule has 0 amide bonds. The zero-order valence-electron chi connectivity index (χ0n) is 26.8. The average Bonchev–Trinajstić information content (AvgIpc) is 3.65. The minimum atomic E-state index is 0.668. The third kappa shape index (κ3) is 3.25. The molecule has 0 aliphatic carbocycles. The van der Waals surface area contributed by atoms with Crippen molar-refractivity contribution in [1.82, 2.24) is 18.9 Å². The lowest BCUT2D eigenvalue weighted by atomic mass is 9.97. The van der Waals surface area contributed by atoms with Crippen LogP contribution in [0.3, 0.4) is 0 Å². The average molecular weight is 635 g/mol. The molecule has 12 aromatic rings. The van der Waals surface area contributed by atoms with Crippen LogP contribution < -0.4 is 0 Å². The van der Waals surface area contributed by atoms with E-state index in [1.807, 2.05) is 0 Å². The van der Waals surface area contributed by atoms with Crippen molar-refractivity contribution in [2.75, 3.05) is 0 Å². The molecule has 230 valence electrons. The van der Waals surface area contributed by atoms with Gasteiger partial charge in [-0.1, -0.05) is 127 Å².